The number of carbonyl (C=O) groups is 1. The van der Waals surface area contributed by atoms with Gasteiger partial charge in [0, 0.05) is 12.6 Å². The molecular formula is C21H18ClF5N4O4. The summed E-state index contributed by atoms with van der Waals surface area (Å²) in [6.45, 7) is -0.632. The van der Waals surface area contributed by atoms with Crippen molar-refractivity contribution in [3.05, 3.63) is 68.9 Å². The molecule has 0 spiro atoms. The number of anilines is 1. The summed E-state index contributed by atoms with van der Waals surface area (Å²) in [6, 6.07) is 4.70. The first kappa shape index (κ1) is 26.2. The number of hydrogen-bond acceptors (Lipinski definition) is 5. The van der Waals surface area contributed by atoms with Crippen LogP contribution < -0.4 is 15.7 Å². The van der Waals surface area contributed by atoms with Crippen molar-refractivity contribution in [2.75, 3.05) is 11.9 Å². The van der Waals surface area contributed by atoms with Crippen LogP contribution in [0.2, 0.25) is 5.02 Å². The molecule has 0 saturated heterocycles. The third kappa shape index (κ3) is 5.80. The highest BCUT2D eigenvalue weighted by molar-refractivity contribution is 6.34. The first-order valence-corrected chi connectivity index (χ1v) is 10.4. The number of para-hydroxylation sites is 1. The standard InChI is InChI=1S/C21H18ClF5N4O4/c1-2-6-30-17(9-32)29-31(20(30)34)15-8-16(35-10-21(25,26)27)11(7-14(15)24)19(33)28-18-12(22)4-3-5-13(18)23/h3-5,7-8,32H,2,6,9-10H2,1H3,(H,28,33). The zero-order valence-corrected chi connectivity index (χ0v) is 18.8. The smallest absolute Gasteiger partial charge is 0.422 e. The molecule has 0 unspecified atom stereocenters. The summed E-state index contributed by atoms with van der Waals surface area (Å²) in [5.41, 5.74) is -2.70. The van der Waals surface area contributed by atoms with E-state index in [0.717, 1.165) is 10.6 Å². The fourth-order valence-electron chi connectivity index (χ4n) is 3.12. The molecule has 0 fully saturated rings. The van der Waals surface area contributed by atoms with Crippen molar-refractivity contribution in [1.82, 2.24) is 14.3 Å². The van der Waals surface area contributed by atoms with E-state index >= 15 is 4.39 Å². The SMILES string of the molecule is CCCn1c(CO)nn(-c2cc(OCC(F)(F)F)c(C(=O)Nc3c(F)cccc3Cl)cc2F)c1=O. The topological polar surface area (TPSA) is 98.4 Å². The quantitative estimate of drug-likeness (QED) is 0.437. The molecule has 0 radical (unpaired) electrons. The maximum absolute atomic E-state index is 15.0. The monoisotopic (exact) mass is 520 g/mol. The van der Waals surface area contributed by atoms with Gasteiger partial charge in [0.2, 0.25) is 0 Å². The second-order valence-electron chi connectivity index (χ2n) is 7.17. The van der Waals surface area contributed by atoms with E-state index in [2.05, 4.69) is 10.4 Å². The Balaban J connectivity index is 2.12. The highest BCUT2D eigenvalue weighted by Crippen LogP contribution is 2.30. The number of hydrogen-bond donors (Lipinski definition) is 2. The number of aromatic nitrogens is 3. The highest BCUT2D eigenvalue weighted by atomic mass is 35.5. The van der Waals surface area contributed by atoms with Crippen LogP contribution in [0, 0.1) is 11.6 Å². The Bertz CT molecular complexity index is 1290. The van der Waals surface area contributed by atoms with E-state index in [4.69, 9.17) is 16.3 Å². The number of alkyl halides is 3. The minimum absolute atomic E-state index is 0.106. The van der Waals surface area contributed by atoms with Gasteiger partial charge in [-0.05, 0) is 24.6 Å². The van der Waals surface area contributed by atoms with Gasteiger partial charge in [-0.2, -0.15) is 17.9 Å². The molecule has 0 aliphatic rings. The summed E-state index contributed by atoms with van der Waals surface area (Å²) in [6.07, 6.45) is -4.35. The normalized spacial score (nSPS) is 11.5. The van der Waals surface area contributed by atoms with Crippen LogP contribution in [0.1, 0.15) is 29.5 Å². The molecule has 3 rings (SSSR count). The molecule has 0 aliphatic heterocycles. The van der Waals surface area contributed by atoms with Crippen LogP contribution in [0.25, 0.3) is 5.69 Å². The van der Waals surface area contributed by atoms with E-state index in [0.29, 0.717) is 23.2 Å². The van der Waals surface area contributed by atoms with Gasteiger partial charge in [0.1, 0.15) is 29.7 Å². The summed E-state index contributed by atoms with van der Waals surface area (Å²) in [4.78, 5) is 25.4. The van der Waals surface area contributed by atoms with Gasteiger partial charge in [0.05, 0.1) is 16.3 Å². The molecule has 1 aromatic heterocycles. The summed E-state index contributed by atoms with van der Waals surface area (Å²) >= 11 is 5.85. The Morgan fingerprint density at radius 3 is 2.54 bits per heavy atom. The van der Waals surface area contributed by atoms with Crippen molar-refractivity contribution in [1.29, 1.82) is 0 Å². The lowest BCUT2D eigenvalue weighted by Crippen LogP contribution is -2.26. The van der Waals surface area contributed by atoms with E-state index in [9.17, 15) is 32.3 Å². The average Bonchev–Trinajstić information content (AvgIpc) is 3.10. The van der Waals surface area contributed by atoms with Crippen LogP contribution in [0.5, 0.6) is 5.75 Å². The maximum Gasteiger partial charge on any atom is 0.422 e. The third-order valence-corrected chi connectivity index (χ3v) is 4.96. The molecular weight excluding hydrogens is 503 g/mol. The van der Waals surface area contributed by atoms with Crippen molar-refractivity contribution in [2.45, 2.75) is 32.7 Å². The van der Waals surface area contributed by atoms with Crippen LogP contribution >= 0.6 is 11.6 Å². The molecule has 14 heteroatoms. The predicted molar refractivity (Wildman–Crippen MR) is 115 cm³/mol. The number of carbonyl (C=O) groups excluding carboxylic acids is 1. The molecule has 0 atom stereocenters. The summed E-state index contributed by atoms with van der Waals surface area (Å²) in [5, 5.41) is 15.1. The highest BCUT2D eigenvalue weighted by Gasteiger charge is 2.30. The Morgan fingerprint density at radius 1 is 1.23 bits per heavy atom. The zero-order chi connectivity index (χ0) is 25.9. The van der Waals surface area contributed by atoms with Gasteiger partial charge in [0.15, 0.2) is 12.4 Å². The van der Waals surface area contributed by atoms with Crippen molar-refractivity contribution in [2.24, 2.45) is 0 Å². The Kier molecular flexibility index (Phi) is 7.80. The number of nitrogens with zero attached hydrogens (tertiary/aromatic N) is 3. The number of ether oxygens (including phenoxy) is 1. The fraction of sp³-hybridized carbons (Fsp3) is 0.286. The summed E-state index contributed by atoms with van der Waals surface area (Å²) < 4.78 is 73.8. The molecule has 1 heterocycles. The van der Waals surface area contributed by atoms with Gasteiger partial charge >= 0.3 is 11.9 Å². The molecule has 0 bridgehead atoms. The van der Waals surface area contributed by atoms with Gasteiger partial charge in [-0.25, -0.2) is 13.6 Å². The van der Waals surface area contributed by atoms with Gasteiger partial charge in [-0.3, -0.25) is 9.36 Å². The lowest BCUT2D eigenvalue weighted by molar-refractivity contribution is -0.153. The van der Waals surface area contributed by atoms with E-state index in [1.165, 1.54) is 12.1 Å². The van der Waals surface area contributed by atoms with Crippen molar-refractivity contribution in [3.8, 4) is 11.4 Å². The van der Waals surface area contributed by atoms with Crippen LogP contribution in [0.15, 0.2) is 35.1 Å². The number of amides is 1. The summed E-state index contributed by atoms with van der Waals surface area (Å²) in [5.74, 6) is -4.25. The second-order valence-corrected chi connectivity index (χ2v) is 7.58. The molecule has 0 aliphatic carbocycles. The van der Waals surface area contributed by atoms with Crippen molar-refractivity contribution >= 4 is 23.2 Å². The molecule has 3 aromatic rings. The molecule has 2 aromatic carbocycles. The number of rotatable bonds is 8. The van der Waals surface area contributed by atoms with Crippen LogP contribution in [-0.4, -0.2) is 38.1 Å². The zero-order valence-electron chi connectivity index (χ0n) is 18.0. The van der Waals surface area contributed by atoms with Gasteiger partial charge in [0.25, 0.3) is 5.91 Å². The molecule has 0 saturated carbocycles. The van der Waals surface area contributed by atoms with E-state index in [-0.39, 0.29) is 17.4 Å². The van der Waals surface area contributed by atoms with Crippen LogP contribution in [0.4, 0.5) is 27.6 Å². The number of aliphatic hydroxyl groups is 1. The molecule has 188 valence electrons. The first-order valence-electron chi connectivity index (χ1n) is 10.0. The molecule has 35 heavy (non-hydrogen) atoms. The van der Waals surface area contributed by atoms with Crippen molar-refractivity contribution in [3.63, 3.8) is 0 Å². The van der Waals surface area contributed by atoms with Crippen molar-refractivity contribution < 1.29 is 36.6 Å². The first-order chi connectivity index (χ1) is 16.5. The Labute approximate surface area is 199 Å². The maximum atomic E-state index is 15.0. The molecule has 2 N–H and O–H groups in total. The van der Waals surface area contributed by atoms with E-state index in [1.807, 2.05) is 0 Å². The number of benzene rings is 2. The average molecular weight is 521 g/mol. The third-order valence-electron chi connectivity index (χ3n) is 4.64. The molecule has 1 amide bonds. The minimum Gasteiger partial charge on any atom is -0.483 e. The largest absolute Gasteiger partial charge is 0.483 e. The second kappa shape index (κ2) is 10.4. The molecule has 8 nitrogen and oxygen atoms in total. The lowest BCUT2D eigenvalue weighted by Gasteiger charge is -2.16. The summed E-state index contributed by atoms with van der Waals surface area (Å²) in [7, 11) is 0. The number of nitrogens with one attached hydrogen (secondary N) is 1. The van der Waals surface area contributed by atoms with Gasteiger partial charge < -0.3 is 15.2 Å². The van der Waals surface area contributed by atoms with E-state index < -0.39 is 65.3 Å². The van der Waals surface area contributed by atoms with Crippen LogP contribution in [-0.2, 0) is 13.2 Å². The van der Waals surface area contributed by atoms with E-state index in [1.54, 1.807) is 6.92 Å². The minimum atomic E-state index is -4.82. The van der Waals surface area contributed by atoms with Gasteiger partial charge in [-0.1, -0.05) is 24.6 Å². The fourth-order valence-corrected chi connectivity index (χ4v) is 3.33. The lowest BCUT2D eigenvalue weighted by atomic mass is 10.1. The number of halogens is 6. The van der Waals surface area contributed by atoms with Gasteiger partial charge in [-0.15, -0.1) is 5.10 Å². The van der Waals surface area contributed by atoms with Crippen LogP contribution in [0.3, 0.4) is 0 Å². The predicted octanol–water partition coefficient (Wildman–Crippen LogP) is 4.06. The number of aliphatic hydroxyl groups excluding tert-OH is 1. The Hall–Kier alpha value is -3.45. The Morgan fingerprint density at radius 2 is 1.94 bits per heavy atom.